The van der Waals surface area contributed by atoms with Crippen LogP contribution < -0.4 is 10.2 Å². The van der Waals surface area contributed by atoms with Gasteiger partial charge in [0.1, 0.15) is 0 Å². The largest absolute Gasteiger partial charge is 0.389 e. The number of nitrogens with zero attached hydrogens (tertiary/aromatic N) is 1. The molecule has 0 saturated heterocycles. The van der Waals surface area contributed by atoms with Crippen molar-refractivity contribution in [1.82, 2.24) is 5.32 Å². The van der Waals surface area contributed by atoms with E-state index in [0.29, 0.717) is 12.6 Å². The van der Waals surface area contributed by atoms with Crippen molar-refractivity contribution >= 4 is 21.6 Å². The molecule has 0 radical (unpaired) electrons. The fourth-order valence-corrected chi connectivity index (χ4v) is 2.75. The fraction of sp³-hybridized carbons (Fsp3) is 0.625. The van der Waals surface area contributed by atoms with E-state index < -0.39 is 5.60 Å². The molecule has 1 rings (SSSR count). The molecular weight excluding hydrogens is 316 g/mol. The molecule has 0 bridgehead atoms. The molecule has 0 atom stereocenters. The van der Waals surface area contributed by atoms with Crippen LogP contribution >= 0.6 is 15.9 Å². The van der Waals surface area contributed by atoms with E-state index in [9.17, 15) is 5.11 Å². The van der Waals surface area contributed by atoms with Crippen LogP contribution in [0.5, 0.6) is 0 Å². The monoisotopic (exact) mass is 342 g/mol. The maximum absolute atomic E-state index is 10.0. The highest BCUT2D eigenvalue weighted by Gasteiger charge is 2.19. The molecular formula is C16H27BrN2O. The van der Waals surface area contributed by atoms with E-state index in [1.165, 1.54) is 5.56 Å². The molecule has 0 spiro atoms. The smallest absolute Gasteiger partial charge is 0.0765 e. The Balaban J connectivity index is 2.85. The third-order valence-electron chi connectivity index (χ3n) is 3.03. The van der Waals surface area contributed by atoms with Crippen molar-refractivity contribution in [3.8, 4) is 0 Å². The molecule has 0 aliphatic rings. The lowest BCUT2D eigenvalue weighted by Crippen LogP contribution is -2.38. The topological polar surface area (TPSA) is 35.5 Å². The van der Waals surface area contributed by atoms with Gasteiger partial charge in [-0.25, -0.2) is 0 Å². The summed E-state index contributed by atoms with van der Waals surface area (Å²) < 4.78 is 1.08. The highest BCUT2D eigenvalue weighted by Crippen LogP contribution is 2.28. The van der Waals surface area contributed by atoms with Gasteiger partial charge in [0.15, 0.2) is 0 Å². The maximum Gasteiger partial charge on any atom is 0.0765 e. The minimum atomic E-state index is -0.701. The second kappa shape index (κ2) is 7.43. The number of aliphatic hydroxyl groups is 1. The molecule has 0 heterocycles. The molecule has 114 valence electrons. The summed E-state index contributed by atoms with van der Waals surface area (Å²) in [5.41, 5.74) is 1.68. The molecule has 0 aliphatic carbocycles. The number of likely N-dealkylation sites (N-methyl/N-ethyl adjacent to an activating group) is 1. The summed E-state index contributed by atoms with van der Waals surface area (Å²) in [6, 6.07) is 6.90. The van der Waals surface area contributed by atoms with Gasteiger partial charge < -0.3 is 15.3 Å². The third kappa shape index (κ3) is 5.81. The summed E-state index contributed by atoms with van der Waals surface area (Å²) in [4.78, 5) is 2.18. The van der Waals surface area contributed by atoms with Gasteiger partial charge in [-0.15, -0.1) is 0 Å². The van der Waals surface area contributed by atoms with Crippen LogP contribution in [0, 0.1) is 0 Å². The van der Waals surface area contributed by atoms with Crippen LogP contribution in [0.2, 0.25) is 0 Å². The molecule has 1 aromatic rings. The first kappa shape index (κ1) is 17.5. The molecule has 0 aliphatic heterocycles. The van der Waals surface area contributed by atoms with Crippen molar-refractivity contribution < 1.29 is 5.11 Å². The van der Waals surface area contributed by atoms with Crippen LogP contribution in [-0.2, 0) is 6.54 Å². The van der Waals surface area contributed by atoms with E-state index in [1.54, 1.807) is 0 Å². The Morgan fingerprint density at radius 2 is 2.00 bits per heavy atom. The summed E-state index contributed by atoms with van der Waals surface area (Å²) >= 11 is 3.65. The standard InChI is InChI=1S/C16H27BrN2O/c1-6-19(11-16(4,5)20)15-8-7-13(9-14(15)17)10-18-12(2)3/h7-9,12,18,20H,6,10-11H2,1-5H3. The van der Waals surface area contributed by atoms with Crippen molar-refractivity contribution in [1.29, 1.82) is 0 Å². The quantitative estimate of drug-likeness (QED) is 0.795. The summed E-state index contributed by atoms with van der Waals surface area (Å²) in [6.07, 6.45) is 0. The van der Waals surface area contributed by atoms with Gasteiger partial charge in [0.05, 0.1) is 11.3 Å². The normalized spacial score (nSPS) is 12.0. The second-order valence-electron chi connectivity index (χ2n) is 6.15. The SMILES string of the molecule is CCN(CC(C)(C)O)c1ccc(CNC(C)C)cc1Br. The first-order valence-corrected chi connectivity index (χ1v) is 8.01. The van der Waals surface area contributed by atoms with Crippen LogP contribution in [0.4, 0.5) is 5.69 Å². The maximum atomic E-state index is 10.0. The van der Waals surface area contributed by atoms with Crippen molar-refractivity contribution in [2.24, 2.45) is 0 Å². The number of hydrogen-bond acceptors (Lipinski definition) is 3. The first-order chi connectivity index (χ1) is 9.23. The molecule has 20 heavy (non-hydrogen) atoms. The van der Waals surface area contributed by atoms with E-state index in [1.807, 2.05) is 13.8 Å². The van der Waals surface area contributed by atoms with Gasteiger partial charge in [0.25, 0.3) is 0 Å². The van der Waals surface area contributed by atoms with Crippen LogP contribution in [0.3, 0.4) is 0 Å². The molecule has 0 fully saturated rings. The molecule has 1 aromatic carbocycles. The van der Waals surface area contributed by atoms with Gasteiger partial charge in [0.2, 0.25) is 0 Å². The minimum absolute atomic E-state index is 0.482. The second-order valence-corrected chi connectivity index (χ2v) is 7.00. The number of nitrogens with one attached hydrogen (secondary N) is 1. The van der Waals surface area contributed by atoms with E-state index in [0.717, 1.165) is 23.2 Å². The van der Waals surface area contributed by atoms with E-state index >= 15 is 0 Å². The van der Waals surface area contributed by atoms with Gasteiger partial charge in [-0.2, -0.15) is 0 Å². The van der Waals surface area contributed by atoms with Crippen LogP contribution in [0.25, 0.3) is 0 Å². The lowest BCUT2D eigenvalue weighted by atomic mass is 10.1. The Kier molecular flexibility index (Phi) is 6.49. The highest BCUT2D eigenvalue weighted by atomic mass is 79.9. The Morgan fingerprint density at radius 1 is 1.35 bits per heavy atom. The molecule has 0 aromatic heterocycles. The van der Waals surface area contributed by atoms with Gasteiger partial charge >= 0.3 is 0 Å². The lowest BCUT2D eigenvalue weighted by Gasteiger charge is -2.30. The molecule has 2 N–H and O–H groups in total. The van der Waals surface area contributed by atoms with Crippen molar-refractivity contribution in [3.63, 3.8) is 0 Å². The van der Waals surface area contributed by atoms with E-state index in [4.69, 9.17) is 0 Å². The fourth-order valence-electron chi connectivity index (χ4n) is 2.07. The lowest BCUT2D eigenvalue weighted by molar-refractivity contribution is 0.0875. The summed E-state index contributed by atoms with van der Waals surface area (Å²) in [5, 5.41) is 13.4. The van der Waals surface area contributed by atoms with Gasteiger partial charge in [0, 0.05) is 30.1 Å². The summed E-state index contributed by atoms with van der Waals surface area (Å²) in [5.74, 6) is 0. The number of benzene rings is 1. The molecule has 0 amide bonds. The zero-order chi connectivity index (χ0) is 15.3. The first-order valence-electron chi connectivity index (χ1n) is 7.22. The Hall–Kier alpha value is -0.580. The zero-order valence-electron chi connectivity index (χ0n) is 13.2. The van der Waals surface area contributed by atoms with Gasteiger partial charge in [-0.1, -0.05) is 19.9 Å². The van der Waals surface area contributed by atoms with Crippen molar-refractivity contribution in [2.75, 3.05) is 18.0 Å². The Morgan fingerprint density at radius 3 is 2.45 bits per heavy atom. The zero-order valence-corrected chi connectivity index (χ0v) is 14.8. The molecule has 3 nitrogen and oxygen atoms in total. The minimum Gasteiger partial charge on any atom is -0.389 e. The van der Waals surface area contributed by atoms with Crippen molar-refractivity contribution in [2.45, 2.75) is 52.8 Å². The number of halogens is 1. The summed E-state index contributed by atoms with van der Waals surface area (Å²) in [7, 11) is 0. The van der Waals surface area contributed by atoms with Crippen LogP contribution in [0.1, 0.15) is 40.2 Å². The average Bonchev–Trinajstić information content (AvgIpc) is 2.33. The van der Waals surface area contributed by atoms with E-state index in [2.05, 4.69) is 65.1 Å². The van der Waals surface area contributed by atoms with Gasteiger partial charge in [-0.3, -0.25) is 0 Å². The molecule has 4 heteroatoms. The average molecular weight is 343 g/mol. The predicted molar refractivity (Wildman–Crippen MR) is 90.3 cm³/mol. The van der Waals surface area contributed by atoms with E-state index in [-0.39, 0.29) is 0 Å². The Bertz CT molecular complexity index is 427. The predicted octanol–water partition coefficient (Wildman–Crippen LogP) is 3.54. The van der Waals surface area contributed by atoms with Crippen molar-refractivity contribution in [3.05, 3.63) is 28.2 Å². The Labute approximate surface area is 131 Å². The van der Waals surface area contributed by atoms with Crippen LogP contribution in [0.15, 0.2) is 22.7 Å². The number of rotatable bonds is 7. The summed E-state index contributed by atoms with van der Waals surface area (Å²) in [6.45, 7) is 12.4. The van der Waals surface area contributed by atoms with Crippen LogP contribution in [-0.4, -0.2) is 29.8 Å². The number of anilines is 1. The third-order valence-corrected chi connectivity index (χ3v) is 3.66. The number of hydrogen-bond donors (Lipinski definition) is 2. The highest BCUT2D eigenvalue weighted by molar-refractivity contribution is 9.10. The van der Waals surface area contributed by atoms with Gasteiger partial charge in [-0.05, 0) is 54.4 Å². The molecule has 0 unspecified atom stereocenters. The molecule has 0 saturated carbocycles.